The van der Waals surface area contributed by atoms with E-state index in [1.165, 1.54) is 11.6 Å². The number of hydrogen-bond acceptors (Lipinski definition) is 4. The highest BCUT2D eigenvalue weighted by Crippen LogP contribution is 2.49. The summed E-state index contributed by atoms with van der Waals surface area (Å²) in [5.74, 6) is -0.509. The van der Waals surface area contributed by atoms with Crippen LogP contribution in [0.3, 0.4) is 0 Å². The van der Waals surface area contributed by atoms with Gasteiger partial charge in [-0.05, 0) is 69.1 Å². The number of likely N-dealkylation sites (N-methyl/N-ethyl adjacent to an activating group) is 1. The van der Waals surface area contributed by atoms with Crippen LogP contribution in [0.2, 0.25) is 0 Å². The van der Waals surface area contributed by atoms with Crippen molar-refractivity contribution in [3.8, 4) is 11.5 Å². The Balaban J connectivity index is 1.47. The van der Waals surface area contributed by atoms with Crippen LogP contribution in [0, 0.1) is 11.6 Å². The zero-order valence-electron chi connectivity index (χ0n) is 18.6. The smallest absolute Gasteiger partial charge is 0.319 e. The molecule has 2 N–H and O–H groups in total. The Morgan fingerprint density at radius 3 is 2.56 bits per heavy atom. The van der Waals surface area contributed by atoms with E-state index in [-0.39, 0.29) is 23.2 Å². The maximum Gasteiger partial charge on any atom is 0.319 e. The molecule has 0 spiro atoms. The van der Waals surface area contributed by atoms with Crippen LogP contribution in [0.15, 0.2) is 36.4 Å². The molecule has 0 unspecified atom stereocenters. The van der Waals surface area contributed by atoms with E-state index in [1.54, 1.807) is 14.2 Å². The average molecular weight is 446 g/mol. The molecule has 6 nitrogen and oxygen atoms in total. The normalized spacial score (nSPS) is 25.2. The molecule has 2 aromatic rings. The molecule has 2 aromatic carbocycles. The molecule has 1 saturated carbocycles. The van der Waals surface area contributed by atoms with Crippen molar-refractivity contribution in [1.82, 2.24) is 10.2 Å². The van der Waals surface area contributed by atoms with Gasteiger partial charge in [0, 0.05) is 29.3 Å². The van der Waals surface area contributed by atoms with E-state index in [0.717, 1.165) is 50.1 Å². The van der Waals surface area contributed by atoms with Gasteiger partial charge < -0.3 is 25.0 Å². The highest BCUT2D eigenvalue weighted by atomic mass is 19.2. The second-order valence-corrected chi connectivity index (χ2v) is 8.67. The first kappa shape index (κ1) is 22.3. The molecule has 172 valence electrons. The standard InChI is InChI=1S/C24H29F2N3O3/c1-29-11-10-24(15-4-7-20(31-2)21(12-15)32-3)9-8-17(14-22(24)29)28-23(30)27-16-5-6-18(25)19(26)13-16/h4-7,12-13,17,22H,8-11,14H2,1-3H3,(H2,27,28,30)/t17-,22+,24-/m0/s1. The van der Waals surface area contributed by atoms with Crippen LogP contribution in [0.1, 0.15) is 31.2 Å². The summed E-state index contributed by atoms with van der Waals surface area (Å²) in [6.45, 7) is 0.979. The van der Waals surface area contributed by atoms with Crippen molar-refractivity contribution < 1.29 is 23.0 Å². The molecule has 4 rings (SSSR count). The van der Waals surface area contributed by atoms with E-state index in [0.29, 0.717) is 5.75 Å². The Kier molecular flexibility index (Phi) is 6.24. The Morgan fingerprint density at radius 1 is 1.06 bits per heavy atom. The number of carbonyl (C=O) groups excluding carboxylic acids is 1. The van der Waals surface area contributed by atoms with Crippen molar-refractivity contribution in [3.05, 3.63) is 53.6 Å². The lowest BCUT2D eigenvalue weighted by molar-refractivity contribution is 0.156. The number of anilines is 1. The number of urea groups is 1. The number of likely N-dealkylation sites (tertiary alicyclic amines) is 1. The third-order valence-electron chi connectivity index (χ3n) is 7.00. The van der Waals surface area contributed by atoms with Gasteiger partial charge in [0.25, 0.3) is 0 Å². The van der Waals surface area contributed by atoms with Gasteiger partial charge in [-0.2, -0.15) is 0 Å². The summed E-state index contributed by atoms with van der Waals surface area (Å²) in [6.07, 6.45) is 3.59. The Hall–Kier alpha value is -2.87. The van der Waals surface area contributed by atoms with E-state index < -0.39 is 17.7 Å². The zero-order chi connectivity index (χ0) is 22.9. The van der Waals surface area contributed by atoms with Crippen LogP contribution in [-0.2, 0) is 5.41 Å². The van der Waals surface area contributed by atoms with Gasteiger partial charge in [0.15, 0.2) is 23.1 Å². The topological polar surface area (TPSA) is 62.8 Å². The lowest BCUT2D eigenvalue weighted by Gasteiger charge is -2.45. The quantitative estimate of drug-likeness (QED) is 0.721. The van der Waals surface area contributed by atoms with E-state index in [1.807, 2.05) is 6.07 Å². The minimum Gasteiger partial charge on any atom is -0.493 e. The summed E-state index contributed by atoms with van der Waals surface area (Å²) in [6, 6.07) is 9.30. The number of halogens is 2. The molecule has 3 atom stereocenters. The second-order valence-electron chi connectivity index (χ2n) is 8.67. The number of nitrogens with one attached hydrogen (secondary N) is 2. The van der Waals surface area contributed by atoms with Crippen LogP contribution in [-0.4, -0.2) is 50.8 Å². The predicted octanol–water partition coefficient (Wildman–Crippen LogP) is 4.30. The van der Waals surface area contributed by atoms with Crippen LogP contribution < -0.4 is 20.1 Å². The molecule has 0 radical (unpaired) electrons. The van der Waals surface area contributed by atoms with Gasteiger partial charge in [0.05, 0.1) is 14.2 Å². The van der Waals surface area contributed by atoms with E-state index in [9.17, 15) is 13.6 Å². The lowest BCUT2D eigenvalue weighted by atomic mass is 9.65. The first-order valence-electron chi connectivity index (χ1n) is 10.8. The molecular weight excluding hydrogens is 416 g/mol. The minimum atomic E-state index is -0.993. The number of benzene rings is 2. The SMILES string of the molecule is COc1ccc([C@@]23CC[C@H](NC(=O)Nc4ccc(F)c(F)c4)C[C@H]2N(C)CC3)cc1OC. The van der Waals surface area contributed by atoms with Crippen molar-refractivity contribution in [2.75, 3.05) is 33.1 Å². The molecule has 2 aliphatic rings. The average Bonchev–Trinajstić information content (AvgIpc) is 3.13. The van der Waals surface area contributed by atoms with Crippen LogP contribution >= 0.6 is 0 Å². The third kappa shape index (κ3) is 4.11. The van der Waals surface area contributed by atoms with Gasteiger partial charge in [-0.15, -0.1) is 0 Å². The summed E-state index contributed by atoms with van der Waals surface area (Å²) >= 11 is 0. The Bertz CT molecular complexity index is 1000. The van der Waals surface area contributed by atoms with Crippen molar-refractivity contribution in [2.45, 2.75) is 43.2 Å². The number of nitrogens with zero attached hydrogens (tertiary/aromatic N) is 1. The molecule has 1 saturated heterocycles. The Labute approximate surface area is 186 Å². The lowest BCUT2D eigenvalue weighted by Crippen LogP contribution is -2.52. The maximum absolute atomic E-state index is 13.4. The zero-order valence-corrected chi connectivity index (χ0v) is 18.6. The summed E-state index contributed by atoms with van der Waals surface area (Å²) in [7, 11) is 5.39. The molecular formula is C24H29F2N3O3. The van der Waals surface area contributed by atoms with Crippen molar-refractivity contribution in [2.24, 2.45) is 0 Å². The van der Waals surface area contributed by atoms with Crippen molar-refractivity contribution in [1.29, 1.82) is 0 Å². The summed E-state index contributed by atoms with van der Waals surface area (Å²) in [4.78, 5) is 14.8. The van der Waals surface area contributed by atoms with Crippen LogP contribution in [0.5, 0.6) is 11.5 Å². The van der Waals surface area contributed by atoms with Crippen LogP contribution in [0.25, 0.3) is 0 Å². The number of ether oxygens (including phenoxy) is 2. The largest absolute Gasteiger partial charge is 0.493 e. The van der Waals surface area contributed by atoms with Gasteiger partial charge in [0.1, 0.15) is 0 Å². The van der Waals surface area contributed by atoms with E-state index in [4.69, 9.17) is 9.47 Å². The molecule has 0 aromatic heterocycles. The summed E-state index contributed by atoms with van der Waals surface area (Å²) in [5.41, 5.74) is 1.44. The van der Waals surface area contributed by atoms with E-state index >= 15 is 0 Å². The number of rotatable bonds is 5. The fourth-order valence-electron chi connectivity index (χ4n) is 5.32. The van der Waals surface area contributed by atoms with Crippen LogP contribution in [0.4, 0.5) is 19.3 Å². The van der Waals surface area contributed by atoms with Gasteiger partial charge in [-0.1, -0.05) is 6.07 Å². The monoisotopic (exact) mass is 445 g/mol. The number of amides is 2. The Morgan fingerprint density at radius 2 is 1.84 bits per heavy atom. The number of hydrogen-bond donors (Lipinski definition) is 2. The molecule has 2 fully saturated rings. The molecule has 1 aliphatic heterocycles. The summed E-state index contributed by atoms with van der Waals surface area (Å²) in [5, 5.41) is 5.60. The molecule has 0 bridgehead atoms. The van der Waals surface area contributed by atoms with E-state index in [2.05, 4.69) is 34.7 Å². The first-order valence-corrected chi connectivity index (χ1v) is 10.8. The van der Waals surface area contributed by atoms with Crippen molar-refractivity contribution >= 4 is 11.7 Å². The number of carbonyl (C=O) groups is 1. The van der Waals surface area contributed by atoms with Crippen molar-refractivity contribution in [3.63, 3.8) is 0 Å². The van der Waals surface area contributed by atoms with Gasteiger partial charge in [0.2, 0.25) is 0 Å². The van der Waals surface area contributed by atoms with Gasteiger partial charge in [-0.25, -0.2) is 13.6 Å². The maximum atomic E-state index is 13.4. The molecule has 1 aliphatic carbocycles. The van der Waals surface area contributed by atoms with Gasteiger partial charge >= 0.3 is 6.03 Å². The fourth-order valence-corrected chi connectivity index (χ4v) is 5.32. The summed E-state index contributed by atoms with van der Waals surface area (Å²) < 4.78 is 37.5. The third-order valence-corrected chi connectivity index (χ3v) is 7.00. The predicted molar refractivity (Wildman–Crippen MR) is 118 cm³/mol. The molecule has 32 heavy (non-hydrogen) atoms. The second kappa shape index (κ2) is 8.94. The highest BCUT2D eigenvalue weighted by molar-refractivity contribution is 5.89. The fraction of sp³-hybridized carbons (Fsp3) is 0.458. The van der Waals surface area contributed by atoms with Gasteiger partial charge in [-0.3, -0.25) is 0 Å². The minimum absolute atomic E-state index is 0.0109. The molecule has 2 amide bonds. The number of methoxy groups -OCH3 is 2. The first-order chi connectivity index (χ1) is 15.4. The highest BCUT2D eigenvalue weighted by Gasteiger charge is 2.50. The number of fused-ring (bicyclic) bond motifs is 1. The molecule has 1 heterocycles. The molecule has 8 heteroatoms.